The lowest BCUT2D eigenvalue weighted by Gasteiger charge is -2.22. The third kappa shape index (κ3) is 5.23. The Morgan fingerprint density at radius 2 is 1.68 bits per heavy atom. The lowest BCUT2D eigenvalue weighted by Crippen LogP contribution is -2.43. The van der Waals surface area contributed by atoms with E-state index in [4.69, 9.17) is 0 Å². The second-order valence-electron chi connectivity index (χ2n) is 4.54. The number of thioether (sulfide) groups is 1. The molecule has 8 heteroatoms. The van der Waals surface area contributed by atoms with Gasteiger partial charge < -0.3 is 0 Å². The molecule has 0 bridgehead atoms. The van der Waals surface area contributed by atoms with Gasteiger partial charge in [-0.05, 0) is 12.8 Å². The van der Waals surface area contributed by atoms with Gasteiger partial charge >= 0.3 is 12.3 Å². The van der Waals surface area contributed by atoms with E-state index in [-0.39, 0.29) is 17.3 Å². The maximum absolute atomic E-state index is 13.2. The van der Waals surface area contributed by atoms with Crippen LogP contribution in [0, 0.1) is 0 Å². The highest BCUT2D eigenvalue weighted by Gasteiger charge is 2.53. The van der Waals surface area contributed by atoms with E-state index in [1.54, 1.807) is 30.3 Å². The first-order valence-corrected chi connectivity index (χ1v) is 7.41. The second kappa shape index (κ2) is 8.45. The molecule has 1 rings (SSSR count). The highest BCUT2D eigenvalue weighted by Crippen LogP contribution is 2.33. The van der Waals surface area contributed by atoms with Gasteiger partial charge in [-0.15, -0.1) is 0 Å². The van der Waals surface area contributed by atoms with Crippen LogP contribution in [0.15, 0.2) is 30.3 Å². The Hall–Kier alpha value is -1.18. The molecule has 0 radical (unpaired) electrons. The molecule has 0 aliphatic heterocycles. The van der Waals surface area contributed by atoms with Crippen LogP contribution in [0.1, 0.15) is 23.2 Å². The Labute approximate surface area is 128 Å². The number of rotatable bonds is 8. The van der Waals surface area contributed by atoms with Gasteiger partial charge in [0.15, 0.2) is 0 Å². The summed E-state index contributed by atoms with van der Waals surface area (Å²) in [4.78, 5) is 11.6. The number of hydrogen-bond acceptors (Lipinski definition) is 2. The summed E-state index contributed by atoms with van der Waals surface area (Å²) in [6, 6.07) is 8.19. The number of alkyl halides is 6. The Kier molecular flexibility index (Phi) is 7.25. The Balaban J connectivity index is 2.34. The standard InChI is InChI=1S/C14H14F6OS/c15-10(11(16)14(19,20)13(17)18)7-4-8-22-12(21)9-5-2-1-3-6-9/h1-3,5-6,10-11,13H,4,7-8H2. The van der Waals surface area contributed by atoms with Crippen LogP contribution in [0.5, 0.6) is 0 Å². The quantitative estimate of drug-likeness (QED) is 0.492. The molecule has 0 aliphatic carbocycles. The van der Waals surface area contributed by atoms with Crippen LogP contribution in [0.4, 0.5) is 26.3 Å². The molecule has 0 aromatic heterocycles. The average molecular weight is 344 g/mol. The van der Waals surface area contributed by atoms with E-state index >= 15 is 0 Å². The van der Waals surface area contributed by atoms with Gasteiger partial charge in [-0.3, -0.25) is 4.79 Å². The zero-order valence-corrected chi connectivity index (χ0v) is 12.1. The van der Waals surface area contributed by atoms with Crippen LogP contribution >= 0.6 is 11.8 Å². The SMILES string of the molecule is O=C(SCCCC(F)C(F)C(F)(F)C(F)F)c1ccccc1. The second-order valence-corrected chi connectivity index (χ2v) is 5.60. The third-order valence-corrected chi connectivity index (χ3v) is 3.83. The molecule has 1 nitrogen and oxygen atoms in total. The summed E-state index contributed by atoms with van der Waals surface area (Å²) in [7, 11) is 0. The van der Waals surface area contributed by atoms with Crippen LogP contribution in [-0.2, 0) is 0 Å². The van der Waals surface area contributed by atoms with E-state index in [0.717, 1.165) is 11.8 Å². The number of hydrogen-bond donors (Lipinski definition) is 0. The largest absolute Gasteiger partial charge is 0.340 e. The van der Waals surface area contributed by atoms with Crippen molar-refractivity contribution in [3.8, 4) is 0 Å². The lowest BCUT2D eigenvalue weighted by molar-refractivity contribution is -0.185. The molecule has 22 heavy (non-hydrogen) atoms. The summed E-state index contributed by atoms with van der Waals surface area (Å²) in [5.74, 6) is -4.92. The first-order chi connectivity index (χ1) is 10.3. The summed E-state index contributed by atoms with van der Waals surface area (Å²) in [5, 5.41) is -0.286. The van der Waals surface area contributed by atoms with Gasteiger partial charge in [0.25, 0.3) is 0 Å². The molecule has 1 aromatic rings. The summed E-state index contributed by atoms with van der Waals surface area (Å²) in [6.07, 6.45) is -11.2. The molecule has 0 fully saturated rings. The van der Waals surface area contributed by atoms with Crippen LogP contribution in [0.25, 0.3) is 0 Å². The zero-order valence-electron chi connectivity index (χ0n) is 11.3. The fourth-order valence-corrected chi connectivity index (χ4v) is 2.41. The number of carbonyl (C=O) groups is 1. The zero-order chi connectivity index (χ0) is 16.8. The summed E-state index contributed by atoms with van der Waals surface area (Å²) in [6.45, 7) is 0. The molecule has 2 atom stereocenters. The number of halogens is 6. The van der Waals surface area contributed by atoms with Crippen molar-refractivity contribution in [2.24, 2.45) is 0 Å². The molecule has 0 saturated carbocycles. The molecule has 0 amide bonds. The molecule has 124 valence electrons. The summed E-state index contributed by atoms with van der Waals surface area (Å²) < 4.78 is 75.3. The predicted molar refractivity (Wildman–Crippen MR) is 73.2 cm³/mol. The maximum Gasteiger partial charge on any atom is 0.340 e. The molecule has 0 spiro atoms. The first kappa shape index (κ1) is 18.9. The van der Waals surface area contributed by atoms with Crippen LogP contribution in [0.2, 0.25) is 0 Å². The fourth-order valence-electron chi connectivity index (χ4n) is 1.61. The summed E-state index contributed by atoms with van der Waals surface area (Å²) >= 11 is 0.833. The van der Waals surface area contributed by atoms with Crippen molar-refractivity contribution in [3.05, 3.63) is 35.9 Å². The Morgan fingerprint density at radius 3 is 2.23 bits per heavy atom. The summed E-state index contributed by atoms with van der Waals surface area (Å²) in [5.41, 5.74) is 0.428. The highest BCUT2D eigenvalue weighted by molar-refractivity contribution is 8.14. The minimum atomic E-state index is -5.01. The van der Waals surface area contributed by atoms with Gasteiger partial charge in [0.05, 0.1) is 0 Å². The van der Waals surface area contributed by atoms with Crippen molar-refractivity contribution in [3.63, 3.8) is 0 Å². The monoisotopic (exact) mass is 344 g/mol. The van der Waals surface area contributed by atoms with Gasteiger partial charge in [0, 0.05) is 11.3 Å². The van der Waals surface area contributed by atoms with E-state index in [1.807, 2.05) is 0 Å². The fraction of sp³-hybridized carbons (Fsp3) is 0.500. The van der Waals surface area contributed by atoms with Crippen molar-refractivity contribution in [1.82, 2.24) is 0 Å². The molecule has 2 unspecified atom stereocenters. The normalized spacial score (nSPS) is 14.9. The van der Waals surface area contributed by atoms with E-state index in [0.29, 0.717) is 5.56 Å². The maximum atomic E-state index is 13.2. The molecule has 0 saturated heterocycles. The molecular formula is C14H14F6OS. The van der Waals surface area contributed by atoms with Crippen molar-refractivity contribution < 1.29 is 31.1 Å². The van der Waals surface area contributed by atoms with Crippen LogP contribution in [0.3, 0.4) is 0 Å². The van der Waals surface area contributed by atoms with E-state index < -0.39 is 31.1 Å². The minimum absolute atomic E-state index is 0.0792. The minimum Gasteiger partial charge on any atom is -0.282 e. The third-order valence-electron chi connectivity index (χ3n) is 2.84. The molecule has 1 aromatic carbocycles. The Bertz CT molecular complexity index is 468. The van der Waals surface area contributed by atoms with Gasteiger partial charge in [-0.25, -0.2) is 17.6 Å². The van der Waals surface area contributed by atoms with Gasteiger partial charge in [-0.1, -0.05) is 42.1 Å². The van der Waals surface area contributed by atoms with Gasteiger partial charge in [0.2, 0.25) is 11.3 Å². The molecule has 0 N–H and O–H groups in total. The molecule has 0 aliphatic rings. The smallest absolute Gasteiger partial charge is 0.282 e. The lowest BCUT2D eigenvalue weighted by atomic mass is 10.1. The van der Waals surface area contributed by atoms with Crippen LogP contribution < -0.4 is 0 Å². The van der Waals surface area contributed by atoms with Gasteiger partial charge in [-0.2, -0.15) is 8.78 Å². The molecule has 0 heterocycles. The van der Waals surface area contributed by atoms with E-state index in [1.165, 1.54) is 0 Å². The van der Waals surface area contributed by atoms with Crippen LogP contribution in [-0.4, -0.2) is 35.6 Å². The molecular weight excluding hydrogens is 330 g/mol. The van der Waals surface area contributed by atoms with Crippen molar-refractivity contribution in [2.45, 2.75) is 37.5 Å². The Morgan fingerprint density at radius 1 is 1.09 bits per heavy atom. The number of carbonyl (C=O) groups excluding carboxylic acids is 1. The first-order valence-electron chi connectivity index (χ1n) is 6.43. The van der Waals surface area contributed by atoms with Crippen molar-refractivity contribution in [1.29, 1.82) is 0 Å². The average Bonchev–Trinajstić information content (AvgIpc) is 2.50. The van der Waals surface area contributed by atoms with Gasteiger partial charge in [0.1, 0.15) is 6.17 Å². The van der Waals surface area contributed by atoms with E-state index in [9.17, 15) is 31.1 Å². The predicted octanol–water partition coefficient (Wildman–Crippen LogP) is 4.92. The van der Waals surface area contributed by atoms with Crippen molar-refractivity contribution >= 4 is 16.9 Å². The highest BCUT2D eigenvalue weighted by atomic mass is 32.2. The van der Waals surface area contributed by atoms with E-state index in [2.05, 4.69) is 0 Å². The topological polar surface area (TPSA) is 17.1 Å². The number of benzene rings is 1. The van der Waals surface area contributed by atoms with Crippen molar-refractivity contribution in [2.75, 3.05) is 5.75 Å².